The number of benzene rings is 1. The second-order valence-corrected chi connectivity index (χ2v) is 5.05. The van der Waals surface area contributed by atoms with Crippen LogP contribution in [0.2, 0.25) is 0 Å². The van der Waals surface area contributed by atoms with Crippen molar-refractivity contribution < 1.29 is 0 Å². The predicted molar refractivity (Wildman–Crippen MR) is 73.5 cm³/mol. The summed E-state index contributed by atoms with van der Waals surface area (Å²) in [6.07, 6.45) is 0. The fraction of sp³-hybridized carbons (Fsp3) is 0.538. The highest BCUT2D eigenvalue weighted by molar-refractivity contribution is 9.10. The lowest BCUT2D eigenvalue weighted by molar-refractivity contribution is 0.166. The van der Waals surface area contributed by atoms with Crippen LogP contribution in [-0.2, 0) is 0 Å². The van der Waals surface area contributed by atoms with Gasteiger partial charge in [-0.2, -0.15) is 0 Å². The first-order valence-corrected chi connectivity index (χ1v) is 6.61. The van der Waals surface area contributed by atoms with Crippen LogP contribution >= 0.6 is 15.9 Å². The Kier molecular flexibility index (Phi) is 5.46. The largest absolute Gasteiger partial charge is 0.329 e. The molecule has 2 N–H and O–H groups in total. The van der Waals surface area contributed by atoms with Gasteiger partial charge in [0.05, 0.1) is 0 Å². The molecule has 0 bridgehead atoms. The van der Waals surface area contributed by atoms with Crippen molar-refractivity contribution in [2.24, 2.45) is 5.73 Å². The molecular formula is C13H21BrN2. The third-order valence-electron chi connectivity index (χ3n) is 2.92. The minimum atomic E-state index is 0.292. The van der Waals surface area contributed by atoms with Gasteiger partial charge in [0.15, 0.2) is 0 Å². The summed E-state index contributed by atoms with van der Waals surface area (Å²) in [6, 6.07) is 9.12. The maximum atomic E-state index is 5.93. The maximum absolute atomic E-state index is 5.93. The molecule has 3 heteroatoms. The first kappa shape index (κ1) is 13.7. The van der Waals surface area contributed by atoms with Crippen LogP contribution in [0.25, 0.3) is 0 Å². The lowest BCUT2D eigenvalue weighted by Crippen LogP contribution is -2.38. The fourth-order valence-electron chi connectivity index (χ4n) is 2.13. The minimum Gasteiger partial charge on any atom is -0.329 e. The Bertz CT molecular complexity index is 325. The molecule has 0 aromatic heterocycles. The molecule has 0 saturated heterocycles. The summed E-state index contributed by atoms with van der Waals surface area (Å²) in [6.45, 7) is 8.26. The molecule has 0 heterocycles. The van der Waals surface area contributed by atoms with Gasteiger partial charge >= 0.3 is 0 Å². The van der Waals surface area contributed by atoms with E-state index in [1.54, 1.807) is 0 Å². The molecule has 1 rings (SSSR count). The Morgan fingerprint density at radius 3 is 2.38 bits per heavy atom. The molecule has 1 atom stereocenters. The molecule has 0 amide bonds. The smallest absolute Gasteiger partial charge is 0.0484 e. The average Bonchev–Trinajstić information content (AvgIpc) is 2.26. The lowest BCUT2D eigenvalue weighted by Gasteiger charge is -2.34. The van der Waals surface area contributed by atoms with Gasteiger partial charge in [0.1, 0.15) is 0 Å². The third kappa shape index (κ3) is 3.06. The van der Waals surface area contributed by atoms with Crippen LogP contribution in [0.5, 0.6) is 0 Å². The van der Waals surface area contributed by atoms with E-state index < -0.39 is 0 Å². The van der Waals surface area contributed by atoms with Gasteiger partial charge in [-0.05, 0) is 32.0 Å². The molecule has 1 aromatic carbocycles. The predicted octanol–water partition coefficient (Wildman–Crippen LogP) is 3.18. The van der Waals surface area contributed by atoms with Crippen LogP contribution in [0.3, 0.4) is 0 Å². The van der Waals surface area contributed by atoms with E-state index in [-0.39, 0.29) is 0 Å². The molecule has 0 fully saturated rings. The number of hydrogen-bond acceptors (Lipinski definition) is 2. The highest BCUT2D eigenvalue weighted by Gasteiger charge is 2.21. The summed E-state index contributed by atoms with van der Waals surface area (Å²) in [4.78, 5) is 2.42. The number of rotatable bonds is 5. The van der Waals surface area contributed by atoms with Crippen molar-refractivity contribution >= 4 is 15.9 Å². The SMILES string of the molecule is CCN(C(C)C)C(CN)c1ccccc1Br. The Balaban J connectivity index is 3.02. The highest BCUT2D eigenvalue weighted by Crippen LogP contribution is 2.28. The summed E-state index contributed by atoms with van der Waals surface area (Å²) in [5.41, 5.74) is 7.20. The van der Waals surface area contributed by atoms with Crippen molar-refractivity contribution in [3.63, 3.8) is 0 Å². The number of likely N-dealkylation sites (N-methyl/N-ethyl adjacent to an activating group) is 1. The van der Waals surface area contributed by atoms with Gasteiger partial charge in [-0.3, -0.25) is 4.90 Å². The van der Waals surface area contributed by atoms with E-state index in [0.717, 1.165) is 11.0 Å². The van der Waals surface area contributed by atoms with E-state index in [1.165, 1.54) is 5.56 Å². The van der Waals surface area contributed by atoms with E-state index in [1.807, 2.05) is 6.07 Å². The maximum Gasteiger partial charge on any atom is 0.0484 e. The van der Waals surface area contributed by atoms with Crippen molar-refractivity contribution in [3.8, 4) is 0 Å². The number of nitrogens with two attached hydrogens (primary N) is 1. The molecule has 0 saturated carbocycles. The molecule has 0 aliphatic rings. The van der Waals surface area contributed by atoms with Crippen molar-refractivity contribution in [1.29, 1.82) is 0 Å². The van der Waals surface area contributed by atoms with Crippen molar-refractivity contribution in [3.05, 3.63) is 34.3 Å². The Hall–Kier alpha value is -0.380. The fourth-order valence-corrected chi connectivity index (χ4v) is 2.68. The van der Waals surface area contributed by atoms with Crippen LogP contribution in [0.15, 0.2) is 28.7 Å². The van der Waals surface area contributed by atoms with Crippen molar-refractivity contribution in [1.82, 2.24) is 4.90 Å². The molecule has 90 valence electrons. The Labute approximate surface area is 107 Å². The van der Waals surface area contributed by atoms with E-state index >= 15 is 0 Å². The Morgan fingerprint density at radius 2 is 1.94 bits per heavy atom. The van der Waals surface area contributed by atoms with Crippen molar-refractivity contribution in [2.45, 2.75) is 32.9 Å². The molecule has 2 nitrogen and oxygen atoms in total. The topological polar surface area (TPSA) is 29.3 Å². The van der Waals surface area contributed by atoms with E-state index in [0.29, 0.717) is 18.6 Å². The molecular weight excluding hydrogens is 264 g/mol. The summed E-state index contributed by atoms with van der Waals surface area (Å²) in [5.74, 6) is 0. The summed E-state index contributed by atoms with van der Waals surface area (Å²) in [5, 5.41) is 0. The number of hydrogen-bond donors (Lipinski definition) is 1. The van der Waals surface area contributed by atoms with Crippen LogP contribution in [-0.4, -0.2) is 24.0 Å². The zero-order valence-corrected chi connectivity index (χ0v) is 11.9. The molecule has 16 heavy (non-hydrogen) atoms. The van der Waals surface area contributed by atoms with Gasteiger partial charge in [0.2, 0.25) is 0 Å². The van der Waals surface area contributed by atoms with Gasteiger partial charge in [-0.15, -0.1) is 0 Å². The van der Waals surface area contributed by atoms with Gasteiger partial charge in [-0.25, -0.2) is 0 Å². The first-order valence-electron chi connectivity index (χ1n) is 5.82. The second-order valence-electron chi connectivity index (χ2n) is 4.20. The molecule has 0 radical (unpaired) electrons. The molecule has 0 aliphatic heterocycles. The van der Waals surface area contributed by atoms with E-state index in [2.05, 4.69) is 59.8 Å². The van der Waals surface area contributed by atoms with Crippen LogP contribution < -0.4 is 5.73 Å². The summed E-state index contributed by atoms with van der Waals surface area (Å²) in [7, 11) is 0. The standard InChI is InChI=1S/C13H21BrN2/c1-4-16(10(2)3)13(9-15)11-7-5-6-8-12(11)14/h5-8,10,13H,4,9,15H2,1-3H3. The van der Waals surface area contributed by atoms with E-state index in [9.17, 15) is 0 Å². The highest BCUT2D eigenvalue weighted by atomic mass is 79.9. The average molecular weight is 285 g/mol. The van der Waals surface area contributed by atoms with Gasteiger partial charge in [0, 0.05) is 23.1 Å². The zero-order chi connectivity index (χ0) is 12.1. The van der Waals surface area contributed by atoms with Crippen LogP contribution in [0.4, 0.5) is 0 Å². The molecule has 1 aromatic rings. The lowest BCUT2D eigenvalue weighted by atomic mass is 10.0. The zero-order valence-electron chi connectivity index (χ0n) is 10.3. The van der Waals surface area contributed by atoms with Crippen molar-refractivity contribution in [2.75, 3.05) is 13.1 Å². The van der Waals surface area contributed by atoms with Crippen LogP contribution in [0, 0.1) is 0 Å². The first-order chi connectivity index (χ1) is 7.61. The minimum absolute atomic E-state index is 0.292. The molecule has 1 unspecified atom stereocenters. The third-order valence-corrected chi connectivity index (χ3v) is 3.64. The van der Waals surface area contributed by atoms with Gasteiger partial charge in [0.25, 0.3) is 0 Å². The quantitative estimate of drug-likeness (QED) is 0.900. The van der Waals surface area contributed by atoms with Crippen LogP contribution in [0.1, 0.15) is 32.4 Å². The molecule has 0 spiro atoms. The van der Waals surface area contributed by atoms with Gasteiger partial charge in [-0.1, -0.05) is 41.1 Å². The monoisotopic (exact) mass is 284 g/mol. The summed E-state index contributed by atoms with van der Waals surface area (Å²) >= 11 is 3.60. The van der Waals surface area contributed by atoms with Gasteiger partial charge < -0.3 is 5.73 Å². The number of nitrogens with zero attached hydrogens (tertiary/aromatic N) is 1. The molecule has 0 aliphatic carbocycles. The number of halogens is 1. The second kappa shape index (κ2) is 6.38. The normalized spacial score (nSPS) is 13.4. The Morgan fingerprint density at radius 1 is 1.31 bits per heavy atom. The summed E-state index contributed by atoms with van der Waals surface area (Å²) < 4.78 is 1.14. The van der Waals surface area contributed by atoms with E-state index in [4.69, 9.17) is 5.73 Å².